The number of aromatic nitrogens is 5. The van der Waals surface area contributed by atoms with Crippen LogP contribution in [-0.4, -0.2) is 62.5 Å². The van der Waals surface area contributed by atoms with E-state index in [0.717, 1.165) is 53.7 Å². The van der Waals surface area contributed by atoms with Crippen LogP contribution in [0.1, 0.15) is 49.2 Å². The summed E-state index contributed by atoms with van der Waals surface area (Å²) >= 11 is 0. The van der Waals surface area contributed by atoms with Crippen LogP contribution in [0.5, 0.6) is 5.75 Å². The molecule has 2 aromatic heterocycles. The summed E-state index contributed by atoms with van der Waals surface area (Å²) in [6, 6.07) is 13.7. The van der Waals surface area contributed by atoms with E-state index in [1.165, 1.54) is 12.1 Å². The van der Waals surface area contributed by atoms with E-state index in [9.17, 15) is 9.18 Å². The minimum absolute atomic E-state index is 0.0443. The summed E-state index contributed by atoms with van der Waals surface area (Å²) in [5.74, 6) is 1.10. The van der Waals surface area contributed by atoms with Gasteiger partial charge in [-0.25, -0.2) is 9.07 Å². The van der Waals surface area contributed by atoms with Crippen LogP contribution in [0.3, 0.4) is 0 Å². The molecule has 4 heterocycles. The molecule has 39 heavy (non-hydrogen) atoms. The Kier molecular flexibility index (Phi) is 7.21. The summed E-state index contributed by atoms with van der Waals surface area (Å²) < 4.78 is 26.8. The fourth-order valence-electron chi connectivity index (χ4n) is 5.52. The van der Waals surface area contributed by atoms with Gasteiger partial charge in [0.1, 0.15) is 17.6 Å². The van der Waals surface area contributed by atoms with Crippen molar-refractivity contribution in [2.24, 2.45) is 0 Å². The lowest BCUT2D eigenvalue weighted by Crippen LogP contribution is -2.38. The number of H-pyrrole nitrogens is 1. The number of nitrogens with zero attached hydrogens (tertiary/aromatic N) is 5. The summed E-state index contributed by atoms with van der Waals surface area (Å²) in [5.41, 5.74) is 3.28. The Morgan fingerprint density at radius 3 is 2.82 bits per heavy atom. The van der Waals surface area contributed by atoms with E-state index in [2.05, 4.69) is 31.5 Å². The van der Waals surface area contributed by atoms with E-state index in [-0.39, 0.29) is 17.5 Å². The first-order chi connectivity index (χ1) is 19.1. The number of hydrogen-bond acceptors (Lipinski definition) is 7. The monoisotopic (exact) mass is 530 g/mol. The molecule has 0 bridgehead atoms. The van der Waals surface area contributed by atoms with Crippen LogP contribution >= 0.6 is 0 Å². The third-order valence-electron chi connectivity index (χ3n) is 7.48. The van der Waals surface area contributed by atoms with E-state index in [0.29, 0.717) is 37.6 Å². The van der Waals surface area contributed by atoms with E-state index in [1.807, 2.05) is 31.2 Å². The lowest BCUT2D eigenvalue weighted by Gasteiger charge is -2.33. The number of benzene rings is 2. The third-order valence-corrected chi connectivity index (χ3v) is 7.48. The molecule has 2 atom stereocenters. The first kappa shape index (κ1) is 25.4. The Bertz CT molecular complexity index is 1540. The van der Waals surface area contributed by atoms with E-state index in [1.54, 1.807) is 16.8 Å². The highest BCUT2D eigenvalue weighted by Gasteiger charge is 2.32. The molecule has 6 rings (SSSR count). The third kappa shape index (κ3) is 5.35. The molecule has 1 N–H and O–H groups in total. The molecule has 0 aliphatic carbocycles. The Morgan fingerprint density at radius 2 is 2.08 bits per heavy atom. The molecule has 2 aliphatic rings. The summed E-state index contributed by atoms with van der Waals surface area (Å²) in [6.45, 7) is 5.03. The van der Waals surface area contributed by atoms with Gasteiger partial charge in [0.25, 0.3) is 5.56 Å². The zero-order chi connectivity index (χ0) is 26.8. The molecule has 10 heteroatoms. The van der Waals surface area contributed by atoms with Crippen LogP contribution in [0.25, 0.3) is 16.5 Å². The van der Waals surface area contributed by atoms with Crippen molar-refractivity contribution >= 4 is 16.5 Å². The predicted molar refractivity (Wildman–Crippen MR) is 145 cm³/mol. The zero-order valence-electron chi connectivity index (χ0n) is 21.8. The summed E-state index contributed by atoms with van der Waals surface area (Å²) in [6.07, 6.45) is 4.90. The smallest absolute Gasteiger partial charge is 0.253 e. The van der Waals surface area contributed by atoms with Crippen molar-refractivity contribution in [2.75, 3.05) is 26.3 Å². The number of pyridine rings is 1. The van der Waals surface area contributed by atoms with E-state index in [4.69, 9.17) is 9.47 Å². The van der Waals surface area contributed by atoms with Crippen LogP contribution < -0.4 is 10.3 Å². The summed E-state index contributed by atoms with van der Waals surface area (Å²) in [4.78, 5) is 18.8. The minimum atomic E-state index is -0.476. The highest BCUT2D eigenvalue weighted by Crippen LogP contribution is 2.32. The molecular formula is C29H31FN6O3. The molecule has 0 saturated carbocycles. The van der Waals surface area contributed by atoms with Crippen molar-refractivity contribution in [1.82, 2.24) is 30.1 Å². The second kappa shape index (κ2) is 11.1. The fraction of sp³-hybridized carbons (Fsp3) is 0.379. The molecule has 9 nitrogen and oxygen atoms in total. The fourth-order valence-corrected chi connectivity index (χ4v) is 5.52. The number of tetrazole rings is 1. The van der Waals surface area contributed by atoms with Gasteiger partial charge in [-0.05, 0) is 84.1 Å². The average molecular weight is 531 g/mol. The van der Waals surface area contributed by atoms with E-state index >= 15 is 0 Å². The standard InChI is InChI=1S/C29H31FN6O3/c1-2-38-23-9-10-26-21(16-23)17-25(29(37)31-26)27(28-32-33-34-36(28)18-24-4-3-15-39-24)35-13-11-20(12-14-35)19-5-7-22(30)8-6-19/h5-11,16-17,24,27H,2-4,12-15,18H2,1H3,(H,31,37)/t24-,27-/m1/s1. The Balaban J connectivity index is 1.40. The Morgan fingerprint density at radius 1 is 1.21 bits per heavy atom. The Labute approximate surface area is 225 Å². The van der Waals surface area contributed by atoms with Gasteiger partial charge >= 0.3 is 0 Å². The topological polar surface area (TPSA) is 98.2 Å². The largest absolute Gasteiger partial charge is 0.494 e. The second-order valence-electron chi connectivity index (χ2n) is 9.97. The van der Waals surface area contributed by atoms with Gasteiger partial charge < -0.3 is 14.5 Å². The van der Waals surface area contributed by atoms with Crippen molar-refractivity contribution in [3.63, 3.8) is 0 Å². The van der Waals surface area contributed by atoms with Gasteiger partial charge in [-0.1, -0.05) is 18.2 Å². The molecule has 2 aromatic carbocycles. The van der Waals surface area contributed by atoms with Crippen molar-refractivity contribution in [1.29, 1.82) is 0 Å². The normalized spacial score (nSPS) is 18.8. The van der Waals surface area contributed by atoms with Crippen LogP contribution in [-0.2, 0) is 11.3 Å². The quantitative estimate of drug-likeness (QED) is 0.366. The van der Waals surface area contributed by atoms with Crippen LogP contribution in [0, 0.1) is 5.82 Å². The molecule has 0 spiro atoms. The molecule has 1 fully saturated rings. The van der Waals surface area contributed by atoms with Crippen molar-refractivity contribution < 1.29 is 13.9 Å². The van der Waals surface area contributed by atoms with Crippen LogP contribution in [0.4, 0.5) is 4.39 Å². The molecule has 1 saturated heterocycles. The summed E-state index contributed by atoms with van der Waals surface area (Å²) in [5, 5.41) is 13.6. The molecule has 4 aromatic rings. The van der Waals surface area contributed by atoms with Gasteiger partial charge in [-0.2, -0.15) is 0 Å². The minimum Gasteiger partial charge on any atom is -0.494 e. The molecule has 0 amide bonds. The number of halogens is 1. The highest BCUT2D eigenvalue weighted by molar-refractivity contribution is 5.80. The molecule has 0 unspecified atom stereocenters. The first-order valence-corrected chi connectivity index (χ1v) is 13.5. The van der Waals surface area contributed by atoms with Crippen LogP contribution in [0.15, 0.2) is 59.4 Å². The van der Waals surface area contributed by atoms with Gasteiger partial charge in [0, 0.05) is 36.2 Å². The second-order valence-corrected chi connectivity index (χ2v) is 9.97. The SMILES string of the molecule is CCOc1ccc2[nH]c(=O)c([C@H](c3nnnn3C[C@H]3CCCO3)N3CC=C(c4ccc(F)cc4)CC3)cc2c1. The summed E-state index contributed by atoms with van der Waals surface area (Å²) in [7, 11) is 0. The molecule has 2 aliphatic heterocycles. The number of fused-ring (bicyclic) bond motifs is 1. The molecule has 0 radical (unpaired) electrons. The average Bonchev–Trinajstić information content (AvgIpc) is 3.63. The number of nitrogens with one attached hydrogen (secondary N) is 1. The van der Waals surface area contributed by atoms with Crippen molar-refractivity contribution in [3.05, 3.63) is 87.7 Å². The van der Waals surface area contributed by atoms with Crippen molar-refractivity contribution in [3.8, 4) is 5.75 Å². The Hall–Kier alpha value is -3.89. The lowest BCUT2D eigenvalue weighted by atomic mass is 9.96. The number of rotatable bonds is 8. The number of aromatic amines is 1. The number of hydrogen-bond donors (Lipinski definition) is 1. The molecule has 202 valence electrons. The maximum atomic E-state index is 13.5. The zero-order valence-corrected chi connectivity index (χ0v) is 21.8. The van der Waals surface area contributed by atoms with Gasteiger partial charge in [-0.15, -0.1) is 5.10 Å². The maximum Gasteiger partial charge on any atom is 0.253 e. The highest BCUT2D eigenvalue weighted by atomic mass is 19.1. The van der Waals surface area contributed by atoms with Crippen LogP contribution in [0.2, 0.25) is 0 Å². The van der Waals surface area contributed by atoms with Crippen molar-refractivity contribution in [2.45, 2.75) is 44.9 Å². The first-order valence-electron chi connectivity index (χ1n) is 13.5. The number of ether oxygens (including phenoxy) is 2. The van der Waals surface area contributed by atoms with Gasteiger partial charge in [-0.3, -0.25) is 9.69 Å². The van der Waals surface area contributed by atoms with Gasteiger partial charge in [0.05, 0.1) is 19.3 Å². The lowest BCUT2D eigenvalue weighted by molar-refractivity contribution is 0.0910. The molecular weight excluding hydrogens is 499 g/mol. The predicted octanol–water partition coefficient (Wildman–Crippen LogP) is 4.11. The van der Waals surface area contributed by atoms with Gasteiger partial charge in [0.2, 0.25) is 0 Å². The van der Waals surface area contributed by atoms with Gasteiger partial charge in [0.15, 0.2) is 5.82 Å². The van der Waals surface area contributed by atoms with E-state index < -0.39 is 6.04 Å². The maximum absolute atomic E-state index is 13.5.